The molecule has 2 saturated carbocycles. The van der Waals surface area contributed by atoms with Gasteiger partial charge in [0.1, 0.15) is 0 Å². The van der Waals surface area contributed by atoms with Crippen molar-refractivity contribution in [2.45, 2.75) is 76.8 Å². The summed E-state index contributed by atoms with van der Waals surface area (Å²) in [5, 5.41) is 13.3. The standard InChI is InChI=1S/C28H34N2O5/c1-17-8-11-20(12-9-17)30(2)27(33)22-15-14-21(26(32)29-19-6-4-3-5-7-19)25-23(28(34)35)13-10-18(16-31)24(22)25/h10,13-17,19-20H,3-9,11-12H2,1-2H3,(H,29,32)(H,34,35). The van der Waals surface area contributed by atoms with Gasteiger partial charge in [0.2, 0.25) is 0 Å². The normalized spacial score (nSPS) is 20.9. The first-order valence-corrected chi connectivity index (χ1v) is 12.7. The van der Waals surface area contributed by atoms with Gasteiger partial charge in [-0.1, -0.05) is 32.3 Å². The summed E-state index contributed by atoms with van der Waals surface area (Å²) in [6.45, 7) is 2.21. The number of carbonyl (C=O) groups excluding carboxylic acids is 3. The van der Waals surface area contributed by atoms with Gasteiger partial charge in [0.15, 0.2) is 6.29 Å². The lowest BCUT2D eigenvalue weighted by Gasteiger charge is -2.34. The van der Waals surface area contributed by atoms with Crippen LogP contribution in [0, 0.1) is 5.92 Å². The molecule has 2 aliphatic carbocycles. The van der Waals surface area contributed by atoms with Gasteiger partial charge in [-0.2, -0.15) is 0 Å². The van der Waals surface area contributed by atoms with Crippen LogP contribution in [0.3, 0.4) is 0 Å². The summed E-state index contributed by atoms with van der Waals surface area (Å²) in [6.07, 6.45) is 9.53. The maximum absolute atomic E-state index is 13.6. The molecule has 4 rings (SSSR count). The van der Waals surface area contributed by atoms with Crippen LogP contribution in [0.25, 0.3) is 10.8 Å². The number of carboxylic acid groups (broad SMARTS) is 1. The fraction of sp³-hybridized carbons (Fsp3) is 0.500. The lowest BCUT2D eigenvalue weighted by atomic mass is 9.86. The zero-order valence-corrected chi connectivity index (χ0v) is 20.5. The molecule has 7 heteroatoms. The molecule has 2 fully saturated rings. The van der Waals surface area contributed by atoms with Gasteiger partial charge >= 0.3 is 5.97 Å². The second-order valence-electron chi connectivity index (χ2n) is 10.2. The van der Waals surface area contributed by atoms with Crippen molar-refractivity contribution in [3.05, 3.63) is 46.5 Å². The van der Waals surface area contributed by atoms with E-state index in [1.165, 1.54) is 18.2 Å². The third-order valence-corrected chi connectivity index (χ3v) is 7.82. The number of carbonyl (C=O) groups is 4. The Morgan fingerprint density at radius 3 is 2.14 bits per heavy atom. The van der Waals surface area contributed by atoms with Gasteiger partial charge in [-0.3, -0.25) is 14.4 Å². The molecule has 0 aliphatic heterocycles. The number of nitrogens with zero attached hydrogens (tertiary/aromatic N) is 1. The van der Waals surface area contributed by atoms with Crippen LogP contribution >= 0.6 is 0 Å². The smallest absolute Gasteiger partial charge is 0.336 e. The molecule has 7 nitrogen and oxygen atoms in total. The van der Waals surface area contributed by atoms with Crippen molar-refractivity contribution in [1.29, 1.82) is 0 Å². The van der Waals surface area contributed by atoms with Gasteiger partial charge < -0.3 is 15.3 Å². The number of amides is 2. The van der Waals surface area contributed by atoms with Crippen molar-refractivity contribution in [2.75, 3.05) is 7.05 Å². The van der Waals surface area contributed by atoms with Crippen molar-refractivity contribution in [2.24, 2.45) is 5.92 Å². The fourth-order valence-electron chi connectivity index (χ4n) is 5.66. The lowest BCUT2D eigenvalue weighted by molar-refractivity contribution is 0.0676. The first kappa shape index (κ1) is 24.9. The van der Waals surface area contributed by atoms with E-state index in [9.17, 15) is 24.3 Å². The topological polar surface area (TPSA) is 104 Å². The van der Waals surface area contributed by atoms with E-state index < -0.39 is 5.97 Å². The molecule has 0 spiro atoms. The van der Waals surface area contributed by atoms with E-state index in [1.807, 2.05) is 0 Å². The van der Waals surface area contributed by atoms with Crippen LogP contribution in [0.1, 0.15) is 106 Å². The zero-order chi connectivity index (χ0) is 25.1. The van der Waals surface area contributed by atoms with E-state index >= 15 is 0 Å². The molecule has 0 aromatic heterocycles. The zero-order valence-electron chi connectivity index (χ0n) is 20.5. The largest absolute Gasteiger partial charge is 0.478 e. The third-order valence-electron chi connectivity index (χ3n) is 7.82. The van der Waals surface area contributed by atoms with Crippen LogP contribution in [0.5, 0.6) is 0 Å². The number of fused-ring (bicyclic) bond motifs is 1. The maximum Gasteiger partial charge on any atom is 0.336 e. The van der Waals surface area contributed by atoms with Crippen molar-refractivity contribution in [3.63, 3.8) is 0 Å². The Hall–Kier alpha value is -3.22. The fourth-order valence-corrected chi connectivity index (χ4v) is 5.66. The van der Waals surface area contributed by atoms with Crippen LogP contribution in [-0.2, 0) is 0 Å². The molecule has 2 N–H and O–H groups in total. The first-order valence-electron chi connectivity index (χ1n) is 12.7. The number of hydrogen-bond donors (Lipinski definition) is 2. The quantitative estimate of drug-likeness (QED) is 0.565. The molecule has 35 heavy (non-hydrogen) atoms. The highest BCUT2D eigenvalue weighted by Crippen LogP contribution is 2.33. The Labute approximate surface area is 205 Å². The van der Waals surface area contributed by atoms with Crippen molar-refractivity contribution < 1.29 is 24.3 Å². The van der Waals surface area contributed by atoms with Crippen LogP contribution in [0.4, 0.5) is 0 Å². The van der Waals surface area contributed by atoms with Gasteiger partial charge in [0.25, 0.3) is 11.8 Å². The van der Waals surface area contributed by atoms with Gasteiger partial charge in [-0.25, -0.2) is 4.79 Å². The van der Waals surface area contributed by atoms with Crippen LogP contribution in [-0.4, -0.2) is 53.2 Å². The van der Waals surface area contributed by atoms with E-state index in [-0.39, 0.29) is 56.9 Å². The molecule has 2 amide bonds. The van der Waals surface area contributed by atoms with Gasteiger partial charge in [-0.05, 0) is 62.6 Å². The second-order valence-corrected chi connectivity index (χ2v) is 10.2. The Kier molecular flexibility index (Phi) is 7.53. The minimum atomic E-state index is -1.21. The number of hydrogen-bond acceptors (Lipinski definition) is 4. The monoisotopic (exact) mass is 478 g/mol. The molecule has 0 atom stereocenters. The van der Waals surface area contributed by atoms with Crippen LogP contribution in [0.2, 0.25) is 0 Å². The molecule has 0 heterocycles. The predicted octanol–water partition coefficient (Wildman–Crippen LogP) is 5.06. The summed E-state index contributed by atoms with van der Waals surface area (Å²) < 4.78 is 0. The average Bonchev–Trinajstić information content (AvgIpc) is 2.87. The van der Waals surface area contributed by atoms with Gasteiger partial charge in [0, 0.05) is 46.6 Å². The van der Waals surface area contributed by atoms with Crippen LogP contribution < -0.4 is 5.32 Å². The minimum absolute atomic E-state index is 0.0370. The van der Waals surface area contributed by atoms with Crippen molar-refractivity contribution in [3.8, 4) is 0 Å². The van der Waals surface area contributed by atoms with E-state index in [0.717, 1.165) is 57.8 Å². The Morgan fingerprint density at radius 2 is 1.51 bits per heavy atom. The Balaban J connectivity index is 1.80. The van der Waals surface area contributed by atoms with Gasteiger partial charge in [-0.15, -0.1) is 0 Å². The van der Waals surface area contributed by atoms with Gasteiger partial charge in [0.05, 0.1) is 5.56 Å². The predicted molar refractivity (Wildman–Crippen MR) is 134 cm³/mol. The highest BCUT2D eigenvalue weighted by molar-refractivity contribution is 6.22. The highest BCUT2D eigenvalue weighted by Gasteiger charge is 2.29. The average molecular weight is 479 g/mol. The summed E-state index contributed by atoms with van der Waals surface area (Å²) >= 11 is 0. The van der Waals surface area contributed by atoms with Crippen molar-refractivity contribution >= 4 is 34.8 Å². The molecule has 2 aliphatic rings. The molecule has 0 bridgehead atoms. The molecule has 186 valence electrons. The van der Waals surface area contributed by atoms with E-state index in [0.29, 0.717) is 12.2 Å². The van der Waals surface area contributed by atoms with E-state index in [1.54, 1.807) is 18.0 Å². The van der Waals surface area contributed by atoms with Crippen molar-refractivity contribution in [1.82, 2.24) is 10.2 Å². The number of aldehydes is 1. The highest BCUT2D eigenvalue weighted by atomic mass is 16.4. The third kappa shape index (κ3) is 5.09. The molecule has 2 aromatic rings. The Morgan fingerprint density at radius 1 is 0.886 bits per heavy atom. The summed E-state index contributed by atoms with van der Waals surface area (Å²) in [6, 6.07) is 5.99. The minimum Gasteiger partial charge on any atom is -0.478 e. The van der Waals surface area contributed by atoms with E-state index in [4.69, 9.17) is 0 Å². The Bertz CT molecular complexity index is 1140. The lowest BCUT2D eigenvalue weighted by Crippen LogP contribution is -2.39. The molecule has 0 saturated heterocycles. The molecule has 0 unspecified atom stereocenters. The van der Waals surface area contributed by atoms with E-state index in [2.05, 4.69) is 12.2 Å². The molecular weight excluding hydrogens is 444 g/mol. The number of benzene rings is 2. The number of carboxylic acids is 1. The second kappa shape index (κ2) is 10.6. The number of nitrogens with one attached hydrogen (secondary N) is 1. The maximum atomic E-state index is 13.6. The molecule has 2 aromatic carbocycles. The first-order chi connectivity index (χ1) is 16.8. The van der Waals surface area contributed by atoms with Crippen LogP contribution in [0.15, 0.2) is 24.3 Å². The number of rotatable bonds is 6. The molecule has 0 radical (unpaired) electrons. The SMILES string of the molecule is CC1CCC(N(C)C(=O)c2ccc(C(=O)NC3CCCCC3)c3c(C(=O)O)ccc(C=O)c23)CC1. The molecular formula is C28H34N2O5. The summed E-state index contributed by atoms with van der Waals surface area (Å²) in [5.74, 6) is -1.21. The summed E-state index contributed by atoms with van der Waals surface area (Å²) in [4.78, 5) is 52.8. The summed E-state index contributed by atoms with van der Waals surface area (Å²) in [5.41, 5.74) is 0.535. The summed E-state index contributed by atoms with van der Waals surface area (Å²) in [7, 11) is 1.76. The number of aromatic carboxylic acids is 1.